The SMILES string of the molecule is O=C(O)c1ncn(-c2ccnnc2)n1. The van der Waals surface area contributed by atoms with Crippen molar-refractivity contribution in [3.63, 3.8) is 0 Å². The maximum atomic E-state index is 10.5. The molecule has 0 saturated carbocycles. The molecule has 7 heteroatoms. The monoisotopic (exact) mass is 191 g/mol. The van der Waals surface area contributed by atoms with Crippen LogP contribution >= 0.6 is 0 Å². The van der Waals surface area contributed by atoms with Gasteiger partial charge in [-0.25, -0.2) is 14.5 Å². The lowest BCUT2D eigenvalue weighted by Crippen LogP contribution is -2.02. The van der Waals surface area contributed by atoms with Crippen LogP contribution in [0.15, 0.2) is 24.8 Å². The van der Waals surface area contributed by atoms with Crippen molar-refractivity contribution in [3.05, 3.63) is 30.6 Å². The fourth-order valence-electron chi connectivity index (χ4n) is 0.905. The molecular weight excluding hydrogens is 186 g/mol. The Labute approximate surface area is 78.0 Å². The van der Waals surface area contributed by atoms with Gasteiger partial charge < -0.3 is 5.11 Å². The molecule has 2 aromatic heterocycles. The molecule has 0 bridgehead atoms. The summed E-state index contributed by atoms with van der Waals surface area (Å²) in [5, 5.41) is 19.5. The van der Waals surface area contributed by atoms with Crippen LogP contribution in [0.1, 0.15) is 10.6 Å². The number of carboxylic acid groups (broad SMARTS) is 1. The third-order valence-electron chi connectivity index (χ3n) is 1.52. The largest absolute Gasteiger partial charge is 0.475 e. The zero-order chi connectivity index (χ0) is 9.97. The molecule has 0 unspecified atom stereocenters. The van der Waals surface area contributed by atoms with Gasteiger partial charge in [-0.2, -0.15) is 10.2 Å². The summed E-state index contributed by atoms with van der Waals surface area (Å²) in [5.74, 6) is -1.41. The third kappa shape index (κ3) is 1.42. The number of hydrogen-bond acceptors (Lipinski definition) is 5. The van der Waals surface area contributed by atoms with Gasteiger partial charge in [0.25, 0.3) is 5.82 Å². The van der Waals surface area contributed by atoms with Crippen LogP contribution in [0.5, 0.6) is 0 Å². The van der Waals surface area contributed by atoms with Crippen LogP contribution in [0.4, 0.5) is 0 Å². The Balaban J connectivity index is 2.39. The first-order chi connectivity index (χ1) is 6.77. The number of carboxylic acids is 1. The van der Waals surface area contributed by atoms with Gasteiger partial charge in [-0.1, -0.05) is 0 Å². The second-order valence-electron chi connectivity index (χ2n) is 2.42. The highest BCUT2D eigenvalue weighted by Crippen LogP contribution is 2.01. The molecule has 14 heavy (non-hydrogen) atoms. The minimum Gasteiger partial charge on any atom is -0.475 e. The van der Waals surface area contributed by atoms with E-state index in [1.165, 1.54) is 23.4 Å². The van der Waals surface area contributed by atoms with Crippen molar-refractivity contribution in [1.82, 2.24) is 25.0 Å². The zero-order valence-electron chi connectivity index (χ0n) is 6.90. The van der Waals surface area contributed by atoms with E-state index in [-0.39, 0.29) is 5.82 Å². The van der Waals surface area contributed by atoms with Crippen molar-refractivity contribution in [1.29, 1.82) is 0 Å². The summed E-state index contributed by atoms with van der Waals surface area (Å²) in [4.78, 5) is 14.1. The molecule has 2 aromatic rings. The van der Waals surface area contributed by atoms with Crippen molar-refractivity contribution in [2.45, 2.75) is 0 Å². The summed E-state index contributed by atoms with van der Waals surface area (Å²) in [5.41, 5.74) is 0.611. The van der Waals surface area contributed by atoms with Crippen molar-refractivity contribution >= 4 is 5.97 Å². The highest BCUT2D eigenvalue weighted by atomic mass is 16.4. The maximum Gasteiger partial charge on any atom is 0.375 e. The van der Waals surface area contributed by atoms with Crippen molar-refractivity contribution in [3.8, 4) is 5.69 Å². The molecule has 0 amide bonds. The van der Waals surface area contributed by atoms with Gasteiger partial charge in [-0.05, 0) is 6.07 Å². The van der Waals surface area contributed by atoms with Gasteiger partial charge >= 0.3 is 5.97 Å². The second kappa shape index (κ2) is 3.21. The summed E-state index contributed by atoms with van der Waals surface area (Å²) in [6.45, 7) is 0. The van der Waals surface area contributed by atoms with Gasteiger partial charge in [0.05, 0.1) is 18.1 Å². The Morgan fingerprint density at radius 3 is 2.86 bits per heavy atom. The number of aromatic carboxylic acids is 1. The molecule has 0 spiro atoms. The number of hydrogen-bond donors (Lipinski definition) is 1. The van der Waals surface area contributed by atoms with Crippen LogP contribution in [0.25, 0.3) is 5.69 Å². The highest BCUT2D eigenvalue weighted by molar-refractivity contribution is 5.82. The quantitative estimate of drug-likeness (QED) is 0.703. The Kier molecular flexibility index (Phi) is 1.90. The lowest BCUT2D eigenvalue weighted by molar-refractivity contribution is 0.0683. The van der Waals surface area contributed by atoms with Crippen molar-refractivity contribution in [2.24, 2.45) is 0 Å². The molecule has 0 saturated heterocycles. The molecule has 0 aromatic carbocycles. The Hall–Kier alpha value is -2.31. The number of nitrogens with zero attached hydrogens (tertiary/aromatic N) is 5. The minimum atomic E-state index is -1.16. The number of rotatable bonds is 2. The molecule has 2 rings (SSSR count). The average molecular weight is 191 g/mol. The normalized spacial score (nSPS) is 10.0. The smallest absolute Gasteiger partial charge is 0.375 e. The maximum absolute atomic E-state index is 10.5. The van der Waals surface area contributed by atoms with E-state index in [4.69, 9.17) is 5.11 Å². The van der Waals surface area contributed by atoms with Crippen molar-refractivity contribution < 1.29 is 9.90 Å². The van der Waals surface area contributed by atoms with Crippen LogP contribution in [0.3, 0.4) is 0 Å². The van der Waals surface area contributed by atoms with Gasteiger partial charge in [-0.15, -0.1) is 5.10 Å². The summed E-state index contributed by atoms with van der Waals surface area (Å²) >= 11 is 0. The van der Waals surface area contributed by atoms with E-state index in [0.717, 1.165) is 0 Å². The lowest BCUT2D eigenvalue weighted by atomic mass is 10.5. The van der Waals surface area contributed by atoms with E-state index in [2.05, 4.69) is 20.3 Å². The van der Waals surface area contributed by atoms with E-state index < -0.39 is 5.97 Å². The van der Waals surface area contributed by atoms with Gasteiger partial charge in [0.1, 0.15) is 6.33 Å². The van der Waals surface area contributed by atoms with Crippen LogP contribution < -0.4 is 0 Å². The number of aromatic nitrogens is 5. The van der Waals surface area contributed by atoms with E-state index in [0.29, 0.717) is 5.69 Å². The van der Waals surface area contributed by atoms with Crippen LogP contribution in [0, 0.1) is 0 Å². The summed E-state index contributed by atoms with van der Waals surface area (Å²) in [6.07, 6.45) is 4.25. The molecule has 70 valence electrons. The highest BCUT2D eigenvalue weighted by Gasteiger charge is 2.09. The topological polar surface area (TPSA) is 93.8 Å². The molecule has 0 aliphatic carbocycles. The lowest BCUT2D eigenvalue weighted by Gasteiger charge is -1.95. The third-order valence-corrected chi connectivity index (χ3v) is 1.52. The van der Waals surface area contributed by atoms with Gasteiger partial charge in [0.2, 0.25) is 0 Å². The van der Waals surface area contributed by atoms with Gasteiger partial charge in [0, 0.05) is 0 Å². The fraction of sp³-hybridized carbons (Fsp3) is 0. The Morgan fingerprint density at radius 1 is 1.43 bits per heavy atom. The molecule has 2 heterocycles. The van der Waals surface area contributed by atoms with Crippen LogP contribution in [0.2, 0.25) is 0 Å². The predicted octanol–water partition coefficient (Wildman–Crippen LogP) is -0.244. The average Bonchev–Trinajstić information content (AvgIpc) is 2.68. The molecule has 0 aliphatic heterocycles. The zero-order valence-corrected chi connectivity index (χ0v) is 6.90. The summed E-state index contributed by atoms with van der Waals surface area (Å²) in [7, 11) is 0. The van der Waals surface area contributed by atoms with Gasteiger partial charge in [0.15, 0.2) is 0 Å². The van der Waals surface area contributed by atoms with Crippen LogP contribution in [-0.2, 0) is 0 Å². The minimum absolute atomic E-state index is 0.248. The molecule has 0 atom stereocenters. The Morgan fingerprint density at radius 2 is 2.29 bits per heavy atom. The number of carbonyl (C=O) groups is 1. The van der Waals surface area contributed by atoms with Crippen molar-refractivity contribution in [2.75, 3.05) is 0 Å². The summed E-state index contributed by atoms with van der Waals surface area (Å²) in [6, 6.07) is 1.65. The second-order valence-corrected chi connectivity index (χ2v) is 2.42. The fourth-order valence-corrected chi connectivity index (χ4v) is 0.905. The first-order valence-electron chi connectivity index (χ1n) is 3.69. The van der Waals surface area contributed by atoms with Gasteiger partial charge in [-0.3, -0.25) is 0 Å². The molecule has 0 radical (unpaired) electrons. The first-order valence-corrected chi connectivity index (χ1v) is 3.69. The molecule has 7 nitrogen and oxygen atoms in total. The first kappa shape index (κ1) is 8.30. The molecule has 0 fully saturated rings. The van der Waals surface area contributed by atoms with E-state index in [9.17, 15) is 4.79 Å². The van der Waals surface area contributed by atoms with E-state index in [1.54, 1.807) is 6.07 Å². The van der Waals surface area contributed by atoms with E-state index in [1.807, 2.05) is 0 Å². The molecule has 1 N–H and O–H groups in total. The predicted molar refractivity (Wildman–Crippen MR) is 43.9 cm³/mol. The standard InChI is InChI=1S/C7H5N5O2/c13-7(14)6-8-4-12(11-6)5-1-2-9-10-3-5/h1-4H,(H,13,14). The van der Waals surface area contributed by atoms with Crippen LogP contribution in [-0.4, -0.2) is 36.0 Å². The summed E-state index contributed by atoms with van der Waals surface area (Å²) < 4.78 is 1.32. The molecular formula is C7H5N5O2. The Bertz CT molecular complexity index is 452. The van der Waals surface area contributed by atoms with E-state index >= 15 is 0 Å². The molecule has 0 aliphatic rings.